The summed E-state index contributed by atoms with van der Waals surface area (Å²) in [4.78, 5) is 20.5. The van der Waals surface area contributed by atoms with Crippen LogP contribution in [0, 0.1) is 0 Å². The summed E-state index contributed by atoms with van der Waals surface area (Å²) < 4.78 is 34.0. The molecule has 9 heteroatoms. The molecular formula is C17H14F2N4O3. The molecule has 3 aromatic rings. The van der Waals surface area contributed by atoms with Crippen molar-refractivity contribution in [1.82, 2.24) is 20.4 Å². The van der Waals surface area contributed by atoms with Crippen molar-refractivity contribution in [3.05, 3.63) is 60.2 Å². The normalized spacial score (nSPS) is 12.0. The maximum atomic E-state index is 12.3. The Morgan fingerprint density at radius 1 is 1.27 bits per heavy atom. The molecule has 1 amide bonds. The van der Waals surface area contributed by atoms with Gasteiger partial charge in [0.1, 0.15) is 11.8 Å². The molecular weight excluding hydrogens is 346 g/mol. The van der Waals surface area contributed by atoms with Gasteiger partial charge in [-0.3, -0.25) is 9.78 Å². The van der Waals surface area contributed by atoms with Crippen LogP contribution in [-0.2, 0) is 0 Å². The minimum absolute atomic E-state index is 0.100. The number of carbonyl (C=O) groups excluding carboxylic acids is 1. The molecule has 0 saturated carbocycles. The number of pyridine rings is 1. The number of halogens is 2. The summed E-state index contributed by atoms with van der Waals surface area (Å²) >= 11 is 0. The van der Waals surface area contributed by atoms with E-state index in [1.165, 1.54) is 24.3 Å². The van der Waals surface area contributed by atoms with E-state index in [0.29, 0.717) is 11.4 Å². The van der Waals surface area contributed by atoms with E-state index < -0.39 is 18.6 Å². The van der Waals surface area contributed by atoms with E-state index in [0.717, 1.165) is 0 Å². The number of rotatable bonds is 6. The summed E-state index contributed by atoms with van der Waals surface area (Å²) in [6, 6.07) is 8.43. The van der Waals surface area contributed by atoms with Crippen LogP contribution in [0.15, 0.2) is 53.3 Å². The summed E-state index contributed by atoms with van der Waals surface area (Å²) in [7, 11) is 0. The fourth-order valence-electron chi connectivity index (χ4n) is 2.18. The number of carbonyl (C=O) groups is 1. The van der Waals surface area contributed by atoms with Crippen LogP contribution in [0.5, 0.6) is 5.75 Å². The second-order valence-corrected chi connectivity index (χ2v) is 5.30. The van der Waals surface area contributed by atoms with Crippen LogP contribution >= 0.6 is 0 Å². The zero-order valence-corrected chi connectivity index (χ0v) is 13.6. The highest BCUT2D eigenvalue weighted by Crippen LogP contribution is 2.19. The van der Waals surface area contributed by atoms with Gasteiger partial charge < -0.3 is 14.6 Å². The summed E-state index contributed by atoms with van der Waals surface area (Å²) in [5.41, 5.74) is 0.847. The molecule has 134 valence electrons. The first-order valence-electron chi connectivity index (χ1n) is 7.62. The number of alkyl halides is 2. The van der Waals surface area contributed by atoms with Crippen LogP contribution < -0.4 is 10.1 Å². The van der Waals surface area contributed by atoms with Gasteiger partial charge >= 0.3 is 6.61 Å². The summed E-state index contributed by atoms with van der Waals surface area (Å²) in [6.45, 7) is -1.30. The standard InChI is InChI=1S/C17H14F2N4O3/c1-10(16-22-14(23-26-16)12-5-3-7-20-9-12)21-15(24)11-4-2-6-13(8-11)25-17(18)19/h2-10,17H,1H3,(H,21,24)/t10-/m0/s1. The van der Waals surface area contributed by atoms with Crippen molar-refractivity contribution in [2.45, 2.75) is 19.6 Å². The van der Waals surface area contributed by atoms with Crippen molar-refractivity contribution >= 4 is 5.91 Å². The average Bonchev–Trinajstić information content (AvgIpc) is 3.12. The van der Waals surface area contributed by atoms with E-state index in [-0.39, 0.29) is 17.2 Å². The van der Waals surface area contributed by atoms with Crippen molar-refractivity contribution in [1.29, 1.82) is 0 Å². The molecule has 0 unspecified atom stereocenters. The molecule has 1 aromatic carbocycles. The topological polar surface area (TPSA) is 90.1 Å². The SMILES string of the molecule is C[C@H](NC(=O)c1cccc(OC(F)F)c1)c1nc(-c2cccnc2)no1. The second kappa shape index (κ2) is 7.68. The molecule has 1 atom stereocenters. The quantitative estimate of drug-likeness (QED) is 0.726. The van der Waals surface area contributed by atoms with Gasteiger partial charge in [-0.1, -0.05) is 11.2 Å². The molecule has 7 nitrogen and oxygen atoms in total. The van der Waals surface area contributed by atoms with Crippen molar-refractivity contribution < 1.29 is 22.8 Å². The minimum Gasteiger partial charge on any atom is -0.435 e. The Labute approximate surface area is 147 Å². The third-order valence-electron chi connectivity index (χ3n) is 3.40. The van der Waals surface area contributed by atoms with Gasteiger partial charge in [0, 0.05) is 23.5 Å². The van der Waals surface area contributed by atoms with Crippen molar-refractivity contribution in [2.75, 3.05) is 0 Å². The molecule has 0 aliphatic heterocycles. The monoisotopic (exact) mass is 360 g/mol. The molecule has 26 heavy (non-hydrogen) atoms. The van der Waals surface area contributed by atoms with Crippen LogP contribution in [0.25, 0.3) is 11.4 Å². The van der Waals surface area contributed by atoms with Crippen molar-refractivity contribution in [3.63, 3.8) is 0 Å². The number of benzene rings is 1. The Kier molecular flexibility index (Phi) is 5.16. The van der Waals surface area contributed by atoms with Gasteiger partial charge in [-0.2, -0.15) is 13.8 Å². The summed E-state index contributed by atoms with van der Waals surface area (Å²) in [5, 5.41) is 6.52. The number of nitrogens with one attached hydrogen (secondary N) is 1. The van der Waals surface area contributed by atoms with Crippen LogP contribution in [0.3, 0.4) is 0 Å². The maximum Gasteiger partial charge on any atom is 0.387 e. The van der Waals surface area contributed by atoms with Gasteiger partial charge in [-0.05, 0) is 37.3 Å². The summed E-state index contributed by atoms with van der Waals surface area (Å²) in [6.07, 6.45) is 3.21. The molecule has 0 aliphatic rings. The predicted molar refractivity (Wildman–Crippen MR) is 86.5 cm³/mol. The van der Waals surface area contributed by atoms with Gasteiger partial charge in [-0.25, -0.2) is 0 Å². The number of nitrogens with zero attached hydrogens (tertiary/aromatic N) is 3. The third-order valence-corrected chi connectivity index (χ3v) is 3.40. The van der Waals surface area contributed by atoms with E-state index in [2.05, 4.69) is 25.2 Å². The lowest BCUT2D eigenvalue weighted by molar-refractivity contribution is -0.0498. The highest BCUT2D eigenvalue weighted by Gasteiger charge is 2.19. The van der Waals surface area contributed by atoms with Gasteiger partial charge in [0.15, 0.2) is 0 Å². The van der Waals surface area contributed by atoms with Crippen LogP contribution in [0.1, 0.15) is 29.2 Å². The smallest absolute Gasteiger partial charge is 0.387 e. The molecule has 0 radical (unpaired) electrons. The molecule has 2 heterocycles. The molecule has 0 aliphatic carbocycles. The lowest BCUT2D eigenvalue weighted by atomic mass is 10.2. The lowest BCUT2D eigenvalue weighted by Gasteiger charge is -2.11. The van der Waals surface area contributed by atoms with E-state index in [4.69, 9.17) is 4.52 Å². The Balaban J connectivity index is 1.69. The minimum atomic E-state index is -2.96. The zero-order chi connectivity index (χ0) is 18.5. The van der Waals surface area contributed by atoms with Gasteiger partial charge in [0.2, 0.25) is 11.7 Å². The first-order chi connectivity index (χ1) is 12.5. The van der Waals surface area contributed by atoms with E-state index in [1.807, 2.05) is 0 Å². The Hall–Kier alpha value is -3.36. The van der Waals surface area contributed by atoms with Gasteiger partial charge in [0.05, 0.1) is 0 Å². The Morgan fingerprint density at radius 3 is 2.85 bits per heavy atom. The van der Waals surface area contributed by atoms with E-state index in [9.17, 15) is 13.6 Å². The molecule has 1 N–H and O–H groups in total. The Morgan fingerprint density at radius 2 is 2.12 bits per heavy atom. The highest BCUT2D eigenvalue weighted by atomic mass is 19.3. The molecule has 3 rings (SSSR count). The molecule has 0 spiro atoms. The Bertz CT molecular complexity index is 886. The molecule has 2 aromatic heterocycles. The highest BCUT2D eigenvalue weighted by molar-refractivity contribution is 5.94. The van der Waals surface area contributed by atoms with E-state index >= 15 is 0 Å². The molecule has 0 bridgehead atoms. The number of aromatic nitrogens is 3. The van der Waals surface area contributed by atoms with E-state index in [1.54, 1.807) is 31.5 Å². The number of amides is 1. The molecule has 0 fully saturated rings. The van der Waals surface area contributed by atoms with Crippen molar-refractivity contribution in [2.24, 2.45) is 0 Å². The zero-order valence-electron chi connectivity index (χ0n) is 13.6. The first-order valence-corrected chi connectivity index (χ1v) is 7.62. The summed E-state index contributed by atoms with van der Waals surface area (Å²) in [5.74, 6) is -0.0333. The largest absolute Gasteiger partial charge is 0.435 e. The maximum absolute atomic E-state index is 12.3. The fraction of sp³-hybridized carbons (Fsp3) is 0.176. The van der Waals surface area contributed by atoms with Gasteiger partial charge in [0.25, 0.3) is 5.91 Å². The average molecular weight is 360 g/mol. The number of hydrogen-bond donors (Lipinski definition) is 1. The van der Waals surface area contributed by atoms with Crippen LogP contribution in [0.4, 0.5) is 8.78 Å². The number of hydrogen-bond acceptors (Lipinski definition) is 6. The second-order valence-electron chi connectivity index (χ2n) is 5.30. The first kappa shape index (κ1) is 17.5. The molecule has 0 saturated heterocycles. The van der Waals surface area contributed by atoms with Gasteiger partial charge in [-0.15, -0.1) is 0 Å². The predicted octanol–water partition coefficient (Wildman–Crippen LogP) is 3.22. The third kappa shape index (κ3) is 4.18. The van der Waals surface area contributed by atoms with Crippen LogP contribution in [-0.4, -0.2) is 27.6 Å². The van der Waals surface area contributed by atoms with Crippen molar-refractivity contribution in [3.8, 4) is 17.1 Å². The number of ether oxygens (including phenoxy) is 1. The van der Waals surface area contributed by atoms with Crippen LogP contribution in [0.2, 0.25) is 0 Å². The lowest BCUT2D eigenvalue weighted by Crippen LogP contribution is -2.26. The fourth-order valence-corrected chi connectivity index (χ4v) is 2.18.